The number of hydrogen-bond donors (Lipinski definition) is 3. The van der Waals surface area contributed by atoms with E-state index in [4.69, 9.17) is 9.84 Å². The SMILES string of the molecule is COc1ccc(NC(=O)NCCC(C)(C)C)c(C(=O)O)c1. The summed E-state index contributed by atoms with van der Waals surface area (Å²) in [5.41, 5.74) is 0.344. The number of carboxylic acids is 1. The molecule has 1 aromatic carbocycles. The van der Waals surface area contributed by atoms with Crippen LogP contribution in [-0.4, -0.2) is 30.8 Å². The van der Waals surface area contributed by atoms with Gasteiger partial charge in [0.1, 0.15) is 5.75 Å². The molecule has 6 nitrogen and oxygen atoms in total. The molecular formula is C15H22N2O4. The Bertz CT molecular complexity index is 521. The van der Waals surface area contributed by atoms with Crippen LogP contribution in [0.1, 0.15) is 37.6 Å². The summed E-state index contributed by atoms with van der Waals surface area (Å²) >= 11 is 0. The van der Waals surface area contributed by atoms with Crippen molar-refractivity contribution in [3.05, 3.63) is 23.8 Å². The van der Waals surface area contributed by atoms with Crippen molar-refractivity contribution < 1.29 is 19.4 Å². The van der Waals surface area contributed by atoms with Crippen molar-refractivity contribution in [1.29, 1.82) is 0 Å². The topological polar surface area (TPSA) is 87.7 Å². The van der Waals surface area contributed by atoms with Gasteiger partial charge in [0.25, 0.3) is 0 Å². The number of anilines is 1. The van der Waals surface area contributed by atoms with Gasteiger partial charge in [0.05, 0.1) is 18.4 Å². The molecule has 0 bridgehead atoms. The predicted octanol–water partition coefficient (Wildman–Crippen LogP) is 2.95. The van der Waals surface area contributed by atoms with E-state index in [9.17, 15) is 9.59 Å². The molecule has 2 amide bonds. The minimum absolute atomic E-state index is 0.0136. The van der Waals surface area contributed by atoms with Crippen LogP contribution in [-0.2, 0) is 0 Å². The average Bonchev–Trinajstić information content (AvgIpc) is 2.37. The molecule has 0 saturated heterocycles. The maximum atomic E-state index is 11.8. The zero-order chi connectivity index (χ0) is 16.0. The molecule has 0 aliphatic carbocycles. The second kappa shape index (κ2) is 6.97. The highest BCUT2D eigenvalue weighted by Gasteiger charge is 2.14. The zero-order valence-electron chi connectivity index (χ0n) is 12.8. The summed E-state index contributed by atoms with van der Waals surface area (Å²) < 4.78 is 4.98. The molecule has 0 aromatic heterocycles. The second-order valence-electron chi connectivity index (χ2n) is 5.91. The second-order valence-corrected chi connectivity index (χ2v) is 5.91. The Morgan fingerprint density at radius 2 is 1.95 bits per heavy atom. The third-order valence-corrected chi connectivity index (χ3v) is 2.87. The minimum Gasteiger partial charge on any atom is -0.497 e. The van der Waals surface area contributed by atoms with Crippen LogP contribution >= 0.6 is 0 Å². The van der Waals surface area contributed by atoms with E-state index in [0.29, 0.717) is 12.3 Å². The van der Waals surface area contributed by atoms with Gasteiger partial charge >= 0.3 is 12.0 Å². The number of carbonyl (C=O) groups excluding carboxylic acids is 1. The summed E-state index contributed by atoms with van der Waals surface area (Å²) in [7, 11) is 1.45. The molecule has 0 fully saturated rings. The Morgan fingerprint density at radius 3 is 2.48 bits per heavy atom. The fourth-order valence-electron chi connectivity index (χ4n) is 1.65. The van der Waals surface area contributed by atoms with Gasteiger partial charge in [-0.1, -0.05) is 20.8 Å². The maximum absolute atomic E-state index is 11.8. The third kappa shape index (κ3) is 5.72. The molecule has 6 heteroatoms. The van der Waals surface area contributed by atoms with E-state index < -0.39 is 12.0 Å². The number of carboxylic acid groups (broad SMARTS) is 1. The molecule has 1 rings (SSSR count). The van der Waals surface area contributed by atoms with Crippen LogP contribution in [0.3, 0.4) is 0 Å². The van der Waals surface area contributed by atoms with Crippen LogP contribution in [0, 0.1) is 5.41 Å². The van der Waals surface area contributed by atoms with Gasteiger partial charge in [0.2, 0.25) is 0 Å². The Balaban J connectivity index is 2.69. The average molecular weight is 294 g/mol. The molecule has 0 saturated carbocycles. The fraction of sp³-hybridized carbons (Fsp3) is 0.467. The van der Waals surface area contributed by atoms with Gasteiger partial charge in [-0.25, -0.2) is 9.59 Å². The van der Waals surface area contributed by atoms with E-state index >= 15 is 0 Å². The lowest BCUT2D eigenvalue weighted by Crippen LogP contribution is -2.31. The highest BCUT2D eigenvalue weighted by molar-refractivity contribution is 6.00. The first-order valence-corrected chi connectivity index (χ1v) is 6.69. The standard InChI is InChI=1S/C15H22N2O4/c1-15(2,3)7-8-16-14(20)17-12-6-5-10(21-4)9-11(12)13(18)19/h5-6,9H,7-8H2,1-4H3,(H,18,19)(H2,16,17,20). The van der Waals surface area contributed by atoms with E-state index in [2.05, 4.69) is 31.4 Å². The molecule has 0 heterocycles. The Labute approximate surface area is 124 Å². The first-order chi connectivity index (χ1) is 9.73. The number of hydrogen-bond acceptors (Lipinski definition) is 3. The first kappa shape index (κ1) is 16.8. The molecule has 0 aliphatic rings. The first-order valence-electron chi connectivity index (χ1n) is 6.69. The fourth-order valence-corrected chi connectivity index (χ4v) is 1.65. The van der Waals surface area contributed by atoms with Gasteiger partial charge in [0, 0.05) is 6.54 Å². The van der Waals surface area contributed by atoms with Crippen LogP contribution in [0.5, 0.6) is 5.75 Å². The van der Waals surface area contributed by atoms with Crippen molar-refractivity contribution in [3.8, 4) is 5.75 Å². The summed E-state index contributed by atoms with van der Waals surface area (Å²) in [6.45, 7) is 6.77. The number of amides is 2. The number of ether oxygens (including phenoxy) is 1. The molecule has 0 radical (unpaired) electrons. The van der Waals surface area contributed by atoms with Crippen molar-refractivity contribution in [2.45, 2.75) is 27.2 Å². The van der Waals surface area contributed by atoms with Gasteiger partial charge in [-0.15, -0.1) is 0 Å². The highest BCUT2D eigenvalue weighted by atomic mass is 16.5. The van der Waals surface area contributed by atoms with E-state index in [1.165, 1.54) is 19.2 Å². The van der Waals surface area contributed by atoms with Crippen molar-refractivity contribution in [3.63, 3.8) is 0 Å². The lowest BCUT2D eigenvalue weighted by Gasteiger charge is -2.18. The molecule has 0 spiro atoms. The normalized spacial score (nSPS) is 10.9. The largest absolute Gasteiger partial charge is 0.497 e. The van der Waals surface area contributed by atoms with Crippen LogP contribution in [0.25, 0.3) is 0 Å². The molecule has 21 heavy (non-hydrogen) atoms. The summed E-state index contributed by atoms with van der Waals surface area (Å²) in [6, 6.07) is 4.04. The lowest BCUT2D eigenvalue weighted by molar-refractivity contribution is 0.0697. The molecule has 1 aromatic rings. The molecule has 116 valence electrons. The number of carbonyl (C=O) groups is 2. The van der Waals surface area contributed by atoms with Gasteiger partial charge in [0.15, 0.2) is 0 Å². The quantitative estimate of drug-likeness (QED) is 0.779. The van der Waals surface area contributed by atoms with E-state index in [1.54, 1.807) is 6.07 Å². The highest BCUT2D eigenvalue weighted by Crippen LogP contribution is 2.22. The number of rotatable bonds is 5. The summed E-state index contributed by atoms with van der Waals surface area (Å²) in [4.78, 5) is 23.0. The van der Waals surface area contributed by atoms with Crippen LogP contribution in [0.2, 0.25) is 0 Å². The van der Waals surface area contributed by atoms with Gasteiger partial charge < -0.3 is 20.5 Å². The summed E-state index contributed by atoms with van der Waals surface area (Å²) in [5.74, 6) is -0.704. The number of benzene rings is 1. The third-order valence-electron chi connectivity index (χ3n) is 2.87. The van der Waals surface area contributed by atoms with Crippen molar-refractivity contribution >= 4 is 17.7 Å². The lowest BCUT2D eigenvalue weighted by atomic mass is 9.92. The van der Waals surface area contributed by atoms with Crippen LogP contribution in [0.4, 0.5) is 10.5 Å². The monoisotopic (exact) mass is 294 g/mol. The predicted molar refractivity (Wildman–Crippen MR) is 81.0 cm³/mol. The summed E-state index contributed by atoms with van der Waals surface area (Å²) in [6.07, 6.45) is 0.828. The number of aromatic carboxylic acids is 1. The maximum Gasteiger partial charge on any atom is 0.337 e. The van der Waals surface area contributed by atoms with Gasteiger partial charge in [-0.2, -0.15) is 0 Å². The van der Waals surface area contributed by atoms with Gasteiger partial charge in [-0.05, 0) is 30.0 Å². The van der Waals surface area contributed by atoms with Crippen LogP contribution < -0.4 is 15.4 Å². The summed E-state index contributed by atoms with van der Waals surface area (Å²) in [5, 5.41) is 14.4. The number of urea groups is 1. The van der Waals surface area contributed by atoms with Gasteiger partial charge in [-0.3, -0.25) is 0 Å². The van der Waals surface area contributed by atoms with E-state index in [-0.39, 0.29) is 16.7 Å². The Kier molecular flexibility index (Phi) is 5.58. The molecule has 3 N–H and O–H groups in total. The smallest absolute Gasteiger partial charge is 0.337 e. The molecule has 0 aliphatic heterocycles. The molecule has 0 atom stereocenters. The van der Waals surface area contributed by atoms with Crippen molar-refractivity contribution in [1.82, 2.24) is 5.32 Å². The zero-order valence-corrected chi connectivity index (χ0v) is 12.8. The van der Waals surface area contributed by atoms with Crippen molar-refractivity contribution in [2.24, 2.45) is 5.41 Å². The Hall–Kier alpha value is -2.24. The van der Waals surface area contributed by atoms with E-state index in [1.807, 2.05) is 0 Å². The van der Waals surface area contributed by atoms with E-state index in [0.717, 1.165) is 6.42 Å². The molecular weight excluding hydrogens is 272 g/mol. The number of nitrogens with one attached hydrogen (secondary N) is 2. The van der Waals surface area contributed by atoms with Crippen LogP contribution in [0.15, 0.2) is 18.2 Å². The molecule has 0 unspecified atom stereocenters. The Morgan fingerprint density at radius 1 is 1.29 bits per heavy atom. The number of methoxy groups -OCH3 is 1. The van der Waals surface area contributed by atoms with Crippen molar-refractivity contribution in [2.75, 3.05) is 19.0 Å². The minimum atomic E-state index is -1.13.